The van der Waals surface area contributed by atoms with Gasteiger partial charge in [0.05, 0.1) is 16.0 Å². The van der Waals surface area contributed by atoms with Gasteiger partial charge in [0, 0.05) is 6.04 Å². The minimum Gasteiger partial charge on any atom is -0.481 e. The van der Waals surface area contributed by atoms with E-state index in [1.54, 1.807) is 6.07 Å². The van der Waals surface area contributed by atoms with Gasteiger partial charge in [0.2, 0.25) is 0 Å². The molecule has 1 amide bonds. The first kappa shape index (κ1) is 15.9. The number of hydrogen-bond donors (Lipinski definition) is 2. The number of carboxylic acid groups (broad SMARTS) is 1. The van der Waals surface area contributed by atoms with E-state index in [4.69, 9.17) is 0 Å². The van der Waals surface area contributed by atoms with Crippen molar-refractivity contribution in [3.8, 4) is 0 Å². The molecule has 0 spiro atoms. The summed E-state index contributed by atoms with van der Waals surface area (Å²) in [4.78, 5) is 23.5. The van der Waals surface area contributed by atoms with Crippen molar-refractivity contribution in [2.24, 2.45) is 5.92 Å². The highest BCUT2D eigenvalue weighted by Crippen LogP contribution is 2.25. The van der Waals surface area contributed by atoms with Gasteiger partial charge in [-0.1, -0.05) is 25.3 Å². The van der Waals surface area contributed by atoms with Crippen LogP contribution in [0.4, 0.5) is 4.39 Å². The molecule has 6 heteroatoms. The number of halogens is 2. The summed E-state index contributed by atoms with van der Waals surface area (Å²) in [5.41, 5.74) is -0.0715. The van der Waals surface area contributed by atoms with Crippen LogP contribution in [0.1, 0.15) is 42.5 Å². The summed E-state index contributed by atoms with van der Waals surface area (Å²) in [6.45, 7) is 0. The predicted molar refractivity (Wildman–Crippen MR) is 79.6 cm³/mol. The number of carbonyl (C=O) groups is 2. The highest BCUT2D eigenvalue weighted by Gasteiger charge is 2.31. The largest absolute Gasteiger partial charge is 0.481 e. The maximum absolute atomic E-state index is 13.9. The van der Waals surface area contributed by atoms with Gasteiger partial charge in [0.25, 0.3) is 5.91 Å². The van der Waals surface area contributed by atoms with Gasteiger partial charge < -0.3 is 10.4 Å². The van der Waals surface area contributed by atoms with E-state index in [9.17, 15) is 19.1 Å². The Balaban J connectivity index is 2.16. The average Bonchev–Trinajstić information content (AvgIpc) is 2.67. The van der Waals surface area contributed by atoms with Gasteiger partial charge in [-0.15, -0.1) is 0 Å². The second-order valence-electron chi connectivity index (χ2n) is 5.26. The summed E-state index contributed by atoms with van der Waals surface area (Å²) in [6, 6.07) is 4.03. The number of carboxylic acids is 1. The average molecular weight is 358 g/mol. The first-order valence-electron chi connectivity index (χ1n) is 6.98. The van der Waals surface area contributed by atoms with Crippen LogP contribution in [0.2, 0.25) is 0 Å². The molecule has 0 aliphatic heterocycles. The van der Waals surface area contributed by atoms with E-state index >= 15 is 0 Å². The van der Waals surface area contributed by atoms with E-state index < -0.39 is 29.7 Å². The number of aliphatic carboxylic acids is 1. The van der Waals surface area contributed by atoms with Crippen LogP contribution in [0, 0.1) is 11.7 Å². The molecule has 1 aliphatic carbocycles. The summed E-state index contributed by atoms with van der Waals surface area (Å²) in [6.07, 6.45) is 3.82. The number of nitrogens with one attached hydrogen (secondary N) is 1. The topological polar surface area (TPSA) is 66.4 Å². The van der Waals surface area contributed by atoms with E-state index in [1.807, 2.05) is 0 Å². The number of amides is 1. The smallest absolute Gasteiger partial charge is 0.308 e. The van der Waals surface area contributed by atoms with Crippen LogP contribution in [0.15, 0.2) is 22.7 Å². The predicted octanol–water partition coefficient (Wildman–Crippen LogP) is 3.35. The summed E-state index contributed by atoms with van der Waals surface area (Å²) in [5, 5.41) is 12.0. The van der Waals surface area contributed by atoms with Crippen molar-refractivity contribution in [3.05, 3.63) is 34.1 Å². The fraction of sp³-hybridized carbons (Fsp3) is 0.467. The van der Waals surface area contributed by atoms with Gasteiger partial charge in [0.1, 0.15) is 5.82 Å². The molecule has 2 N–H and O–H groups in total. The van der Waals surface area contributed by atoms with Gasteiger partial charge in [0.15, 0.2) is 0 Å². The molecule has 0 radical (unpaired) electrons. The SMILES string of the molecule is O=C(NC1CCCCCC1C(=O)O)c1cccc(Br)c1F. The van der Waals surface area contributed by atoms with Gasteiger partial charge in [-0.25, -0.2) is 4.39 Å². The molecular formula is C15H17BrFNO3. The van der Waals surface area contributed by atoms with Gasteiger partial charge in [-0.05, 0) is 40.9 Å². The van der Waals surface area contributed by atoms with Crippen molar-refractivity contribution in [1.29, 1.82) is 0 Å². The molecule has 4 nitrogen and oxygen atoms in total. The zero-order valence-electron chi connectivity index (χ0n) is 11.4. The molecule has 114 valence electrons. The van der Waals surface area contributed by atoms with Crippen LogP contribution in [0.25, 0.3) is 0 Å². The second kappa shape index (κ2) is 7.02. The molecule has 1 saturated carbocycles. The van der Waals surface area contributed by atoms with Crippen molar-refractivity contribution in [1.82, 2.24) is 5.32 Å². The Labute approximate surface area is 130 Å². The zero-order valence-corrected chi connectivity index (χ0v) is 13.0. The van der Waals surface area contributed by atoms with E-state index in [0.29, 0.717) is 12.8 Å². The Kier molecular flexibility index (Phi) is 5.33. The maximum Gasteiger partial charge on any atom is 0.308 e. The van der Waals surface area contributed by atoms with Crippen molar-refractivity contribution in [3.63, 3.8) is 0 Å². The number of hydrogen-bond acceptors (Lipinski definition) is 2. The van der Waals surface area contributed by atoms with Gasteiger partial charge in [-0.2, -0.15) is 0 Å². The van der Waals surface area contributed by atoms with E-state index in [2.05, 4.69) is 21.2 Å². The van der Waals surface area contributed by atoms with Crippen LogP contribution in [-0.2, 0) is 4.79 Å². The van der Waals surface area contributed by atoms with Crippen LogP contribution < -0.4 is 5.32 Å². The Morgan fingerprint density at radius 1 is 1.24 bits per heavy atom. The molecule has 1 fully saturated rings. The van der Waals surface area contributed by atoms with Crippen molar-refractivity contribution >= 4 is 27.8 Å². The molecule has 0 aromatic heterocycles. The van der Waals surface area contributed by atoms with Crippen molar-refractivity contribution in [2.45, 2.75) is 38.1 Å². The first-order valence-corrected chi connectivity index (χ1v) is 7.77. The highest BCUT2D eigenvalue weighted by atomic mass is 79.9. The minimum absolute atomic E-state index is 0.0715. The quantitative estimate of drug-likeness (QED) is 0.815. The van der Waals surface area contributed by atoms with E-state index in [0.717, 1.165) is 19.3 Å². The minimum atomic E-state index is -0.906. The maximum atomic E-state index is 13.9. The third-order valence-electron chi connectivity index (χ3n) is 3.85. The lowest BCUT2D eigenvalue weighted by molar-refractivity contribution is -0.142. The molecule has 0 saturated heterocycles. The number of rotatable bonds is 3. The van der Waals surface area contributed by atoms with Crippen LogP contribution in [-0.4, -0.2) is 23.0 Å². The highest BCUT2D eigenvalue weighted by molar-refractivity contribution is 9.10. The fourth-order valence-electron chi connectivity index (χ4n) is 2.70. The van der Waals surface area contributed by atoms with Gasteiger partial charge in [-0.3, -0.25) is 9.59 Å². The number of benzene rings is 1. The van der Waals surface area contributed by atoms with E-state index in [-0.39, 0.29) is 10.0 Å². The first-order chi connectivity index (χ1) is 10.0. The lowest BCUT2D eigenvalue weighted by atomic mass is 9.94. The normalized spacial score (nSPS) is 22.4. The monoisotopic (exact) mass is 357 g/mol. The van der Waals surface area contributed by atoms with Crippen LogP contribution >= 0.6 is 15.9 Å². The lowest BCUT2D eigenvalue weighted by Crippen LogP contribution is -2.43. The third kappa shape index (κ3) is 3.81. The molecule has 1 aromatic carbocycles. The Morgan fingerprint density at radius 3 is 2.67 bits per heavy atom. The summed E-state index contributed by atoms with van der Waals surface area (Å²) >= 11 is 3.04. The van der Waals surface area contributed by atoms with E-state index in [1.165, 1.54) is 12.1 Å². The standard InChI is InChI=1S/C15H17BrFNO3/c16-11-7-4-6-10(13(11)17)14(19)18-12-8-3-1-2-5-9(12)15(20)21/h4,6-7,9,12H,1-3,5,8H2,(H,18,19)(H,20,21). The summed E-state index contributed by atoms with van der Waals surface area (Å²) in [5.74, 6) is -2.70. The Hall–Kier alpha value is -1.43. The zero-order chi connectivity index (χ0) is 15.4. The molecule has 2 unspecified atom stereocenters. The fourth-order valence-corrected chi connectivity index (χ4v) is 3.07. The molecule has 2 rings (SSSR count). The molecule has 1 aliphatic rings. The molecule has 21 heavy (non-hydrogen) atoms. The Bertz CT molecular complexity index is 550. The van der Waals surface area contributed by atoms with Crippen molar-refractivity contribution < 1.29 is 19.1 Å². The molecule has 0 heterocycles. The second-order valence-corrected chi connectivity index (χ2v) is 6.12. The molecule has 2 atom stereocenters. The van der Waals surface area contributed by atoms with Crippen LogP contribution in [0.3, 0.4) is 0 Å². The van der Waals surface area contributed by atoms with Crippen LogP contribution in [0.5, 0.6) is 0 Å². The number of carbonyl (C=O) groups excluding carboxylic acids is 1. The Morgan fingerprint density at radius 2 is 1.95 bits per heavy atom. The lowest BCUT2D eigenvalue weighted by Gasteiger charge is -2.23. The summed E-state index contributed by atoms with van der Waals surface area (Å²) in [7, 11) is 0. The third-order valence-corrected chi connectivity index (χ3v) is 4.46. The summed E-state index contributed by atoms with van der Waals surface area (Å²) < 4.78 is 14.1. The molecule has 0 bridgehead atoms. The van der Waals surface area contributed by atoms with Gasteiger partial charge >= 0.3 is 5.97 Å². The molecular weight excluding hydrogens is 341 g/mol. The molecule has 1 aromatic rings. The van der Waals surface area contributed by atoms with Crippen molar-refractivity contribution in [2.75, 3.05) is 0 Å².